The summed E-state index contributed by atoms with van der Waals surface area (Å²) in [5.74, 6) is 0.264. The van der Waals surface area contributed by atoms with Gasteiger partial charge in [-0.3, -0.25) is 0 Å². The molecule has 0 saturated carbocycles. The largest absolute Gasteiger partial charge is 0.444 e. The SMILES string of the molecule is CC(C)(C)OC(=O)N[C@@H]1CNC[C@H]1c1cccc(Br)c1. The Morgan fingerprint density at radius 1 is 1.40 bits per heavy atom. The zero-order valence-corrected chi connectivity index (χ0v) is 13.7. The van der Waals surface area contributed by atoms with Crippen molar-refractivity contribution in [3.63, 3.8) is 0 Å². The van der Waals surface area contributed by atoms with Gasteiger partial charge in [-0.1, -0.05) is 28.1 Å². The Hall–Kier alpha value is -1.07. The van der Waals surface area contributed by atoms with Gasteiger partial charge in [0.15, 0.2) is 0 Å². The standard InChI is InChI=1S/C15H21BrN2O2/c1-15(2,3)20-14(19)18-13-9-17-8-12(13)10-5-4-6-11(16)7-10/h4-7,12-13,17H,8-9H2,1-3H3,(H,18,19)/t12-,13+/m0/s1. The minimum absolute atomic E-state index is 0.0548. The smallest absolute Gasteiger partial charge is 0.407 e. The number of rotatable bonds is 2. The van der Waals surface area contributed by atoms with E-state index in [4.69, 9.17) is 4.74 Å². The summed E-state index contributed by atoms with van der Waals surface area (Å²) < 4.78 is 6.37. The van der Waals surface area contributed by atoms with Crippen molar-refractivity contribution in [3.8, 4) is 0 Å². The van der Waals surface area contributed by atoms with Crippen LogP contribution in [0.2, 0.25) is 0 Å². The molecule has 0 aliphatic carbocycles. The van der Waals surface area contributed by atoms with Crippen LogP contribution in [0.4, 0.5) is 4.79 Å². The zero-order valence-electron chi connectivity index (χ0n) is 12.1. The van der Waals surface area contributed by atoms with Crippen molar-refractivity contribution in [2.45, 2.75) is 38.3 Å². The molecule has 4 nitrogen and oxygen atoms in total. The van der Waals surface area contributed by atoms with Gasteiger partial charge in [-0.2, -0.15) is 0 Å². The summed E-state index contributed by atoms with van der Waals surface area (Å²) >= 11 is 3.49. The van der Waals surface area contributed by atoms with E-state index in [1.807, 2.05) is 32.9 Å². The molecule has 1 heterocycles. The van der Waals surface area contributed by atoms with Crippen LogP contribution in [-0.4, -0.2) is 30.8 Å². The van der Waals surface area contributed by atoms with Crippen molar-refractivity contribution in [2.75, 3.05) is 13.1 Å². The number of hydrogen-bond donors (Lipinski definition) is 2. The van der Waals surface area contributed by atoms with Gasteiger partial charge in [0.2, 0.25) is 0 Å². The van der Waals surface area contributed by atoms with Crippen LogP contribution in [0.1, 0.15) is 32.3 Å². The Morgan fingerprint density at radius 3 is 2.80 bits per heavy atom. The molecule has 5 heteroatoms. The van der Waals surface area contributed by atoms with Crippen molar-refractivity contribution in [1.29, 1.82) is 0 Å². The van der Waals surface area contributed by atoms with Crippen molar-refractivity contribution < 1.29 is 9.53 Å². The van der Waals surface area contributed by atoms with Crippen LogP contribution in [0.15, 0.2) is 28.7 Å². The van der Waals surface area contributed by atoms with Crippen LogP contribution in [0, 0.1) is 0 Å². The third-order valence-corrected chi connectivity index (χ3v) is 3.69. The number of amides is 1. The molecule has 1 aromatic carbocycles. The molecule has 1 amide bonds. The van der Waals surface area contributed by atoms with Gasteiger partial charge in [0.25, 0.3) is 0 Å². The highest BCUT2D eigenvalue weighted by Gasteiger charge is 2.31. The second kappa shape index (κ2) is 6.14. The second-order valence-electron chi connectivity index (χ2n) is 6.07. The van der Waals surface area contributed by atoms with Crippen LogP contribution in [-0.2, 0) is 4.74 Å². The van der Waals surface area contributed by atoms with Gasteiger partial charge in [0.05, 0.1) is 6.04 Å². The summed E-state index contributed by atoms with van der Waals surface area (Å²) in [6.07, 6.45) is -0.355. The van der Waals surface area contributed by atoms with Crippen LogP contribution in [0.3, 0.4) is 0 Å². The Labute approximate surface area is 128 Å². The number of carbonyl (C=O) groups is 1. The highest BCUT2D eigenvalue weighted by Crippen LogP contribution is 2.25. The molecule has 1 aliphatic heterocycles. The fraction of sp³-hybridized carbons (Fsp3) is 0.533. The van der Waals surface area contributed by atoms with Crippen molar-refractivity contribution in [1.82, 2.24) is 10.6 Å². The lowest BCUT2D eigenvalue weighted by Crippen LogP contribution is -2.42. The molecule has 110 valence electrons. The number of ether oxygens (including phenoxy) is 1. The average molecular weight is 341 g/mol. The maximum Gasteiger partial charge on any atom is 0.407 e. The second-order valence-corrected chi connectivity index (χ2v) is 6.99. The van der Waals surface area contributed by atoms with Crippen LogP contribution >= 0.6 is 15.9 Å². The molecule has 1 saturated heterocycles. The van der Waals surface area contributed by atoms with Crippen LogP contribution in [0.25, 0.3) is 0 Å². The first-order valence-electron chi connectivity index (χ1n) is 6.81. The minimum Gasteiger partial charge on any atom is -0.444 e. The molecule has 0 spiro atoms. The van der Waals surface area contributed by atoms with Gasteiger partial charge in [-0.25, -0.2) is 4.79 Å². The quantitative estimate of drug-likeness (QED) is 0.869. The van der Waals surface area contributed by atoms with Crippen molar-refractivity contribution in [2.24, 2.45) is 0 Å². The van der Waals surface area contributed by atoms with Crippen LogP contribution in [0.5, 0.6) is 0 Å². The number of hydrogen-bond acceptors (Lipinski definition) is 3. The van der Waals surface area contributed by atoms with Crippen molar-refractivity contribution >= 4 is 22.0 Å². The lowest BCUT2D eigenvalue weighted by molar-refractivity contribution is 0.0504. The maximum atomic E-state index is 11.9. The molecule has 1 aromatic rings. The normalized spacial score (nSPS) is 22.6. The highest BCUT2D eigenvalue weighted by atomic mass is 79.9. The molecule has 20 heavy (non-hydrogen) atoms. The maximum absolute atomic E-state index is 11.9. The third-order valence-electron chi connectivity index (χ3n) is 3.19. The van der Waals surface area contributed by atoms with Crippen LogP contribution < -0.4 is 10.6 Å². The molecule has 0 unspecified atom stereocenters. The van der Waals surface area contributed by atoms with E-state index in [9.17, 15) is 4.79 Å². The number of nitrogens with one attached hydrogen (secondary N) is 2. The predicted octanol–water partition coefficient (Wildman–Crippen LogP) is 3.03. The fourth-order valence-corrected chi connectivity index (χ4v) is 2.79. The van der Waals surface area contributed by atoms with E-state index in [1.165, 1.54) is 5.56 Å². The summed E-state index contributed by atoms with van der Waals surface area (Å²) in [5.41, 5.74) is 0.743. The van der Waals surface area contributed by atoms with E-state index >= 15 is 0 Å². The number of halogens is 1. The summed E-state index contributed by atoms with van der Waals surface area (Å²) in [6.45, 7) is 7.22. The van der Waals surface area contributed by atoms with Gasteiger partial charge in [0.1, 0.15) is 5.60 Å². The van der Waals surface area contributed by atoms with E-state index in [0.717, 1.165) is 17.6 Å². The number of benzene rings is 1. The summed E-state index contributed by atoms with van der Waals surface area (Å²) in [4.78, 5) is 11.9. The molecule has 0 radical (unpaired) electrons. The lowest BCUT2D eigenvalue weighted by atomic mass is 9.94. The first kappa shape index (κ1) is 15.3. The third kappa shape index (κ3) is 4.21. The highest BCUT2D eigenvalue weighted by molar-refractivity contribution is 9.10. The Morgan fingerprint density at radius 2 is 2.15 bits per heavy atom. The minimum atomic E-state index is -0.471. The molecule has 0 aromatic heterocycles. The number of alkyl carbamates (subject to hydrolysis) is 1. The molecule has 2 N–H and O–H groups in total. The molecular weight excluding hydrogens is 320 g/mol. The van der Waals surface area contributed by atoms with Gasteiger partial charge in [0, 0.05) is 23.5 Å². The Balaban J connectivity index is 2.03. The van der Waals surface area contributed by atoms with Gasteiger partial charge < -0.3 is 15.4 Å². The zero-order chi connectivity index (χ0) is 14.8. The fourth-order valence-electron chi connectivity index (χ4n) is 2.38. The molecule has 0 bridgehead atoms. The molecular formula is C15H21BrN2O2. The average Bonchev–Trinajstić information content (AvgIpc) is 2.74. The Bertz CT molecular complexity index is 485. The van der Waals surface area contributed by atoms with E-state index in [0.29, 0.717) is 0 Å². The van der Waals surface area contributed by atoms with Crippen molar-refractivity contribution in [3.05, 3.63) is 34.3 Å². The summed E-state index contributed by atoms with van der Waals surface area (Å²) in [7, 11) is 0. The van der Waals surface area contributed by atoms with E-state index in [-0.39, 0.29) is 18.1 Å². The first-order chi connectivity index (χ1) is 9.35. The first-order valence-corrected chi connectivity index (χ1v) is 7.60. The summed E-state index contributed by atoms with van der Waals surface area (Å²) in [5, 5.41) is 6.29. The summed E-state index contributed by atoms with van der Waals surface area (Å²) in [6, 6.07) is 8.26. The van der Waals surface area contributed by atoms with E-state index in [1.54, 1.807) is 0 Å². The topological polar surface area (TPSA) is 50.4 Å². The van der Waals surface area contributed by atoms with E-state index < -0.39 is 5.60 Å². The molecule has 2 rings (SSSR count). The van der Waals surface area contributed by atoms with Gasteiger partial charge in [-0.05, 0) is 38.5 Å². The van der Waals surface area contributed by atoms with Gasteiger partial charge >= 0.3 is 6.09 Å². The molecule has 1 aliphatic rings. The number of carbonyl (C=O) groups excluding carboxylic acids is 1. The van der Waals surface area contributed by atoms with E-state index in [2.05, 4.69) is 38.7 Å². The Kier molecular flexibility index (Phi) is 4.70. The molecule has 2 atom stereocenters. The monoisotopic (exact) mass is 340 g/mol. The van der Waals surface area contributed by atoms with Gasteiger partial charge in [-0.15, -0.1) is 0 Å². The lowest BCUT2D eigenvalue weighted by Gasteiger charge is -2.24. The molecule has 1 fully saturated rings. The predicted molar refractivity (Wildman–Crippen MR) is 82.9 cm³/mol.